The molecule has 0 bridgehead atoms. The van der Waals surface area contributed by atoms with Gasteiger partial charge >= 0.3 is 131 Å². The van der Waals surface area contributed by atoms with Crippen LogP contribution in [0.3, 0.4) is 0 Å². The number of hydrogen-bond donors (Lipinski definition) is 1. The van der Waals surface area contributed by atoms with Crippen molar-refractivity contribution in [3.63, 3.8) is 0 Å². The molecule has 0 radical (unpaired) electrons. The van der Waals surface area contributed by atoms with Crippen molar-refractivity contribution in [2.24, 2.45) is 11.8 Å². The molecule has 0 spiro atoms. The van der Waals surface area contributed by atoms with E-state index in [-0.39, 0.29) is 0 Å². The van der Waals surface area contributed by atoms with E-state index >= 15 is 0 Å². The van der Waals surface area contributed by atoms with Gasteiger partial charge in [-0.15, -0.1) is 0 Å². The average Bonchev–Trinajstić information content (AvgIpc) is 2.44. The van der Waals surface area contributed by atoms with Crippen molar-refractivity contribution in [2.45, 2.75) is 59.8 Å². The molecule has 0 aromatic carbocycles. The topological polar surface area (TPSA) is 38.7 Å². The fraction of sp³-hybridized carbons (Fsp3) is 0.765. The fourth-order valence-electron chi connectivity index (χ4n) is 2.09. The summed E-state index contributed by atoms with van der Waals surface area (Å²) >= 11 is 0. The molecule has 0 fully saturated rings. The summed E-state index contributed by atoms with van der Waals surface area (Å²) < 4.78 is 10.0. The monoisotopic (exact) mass is 318 g/mol. The van der Waals surface area contributed by atoms with Gasteiger partial charge in [-0.2, -0.15) is 0 Å². The van der Waals surface area contributed by atoms with Crippen molar-refractivity contribution in [2.75, 3.05) is 14.2 Å². The summed E-state index contributed by atoms with van der Waals surface area (Å²) in [6, 6.07) is 0. The summed E-state index contributed by atoms with van der Waals surface area (Å²) in [4.78, 5) is 9.93. The third kappa shape index (κ3) is 11.1. The third-order valence-electron chi connectivity index (χ3n) is 3.69. The molecule has 0 amide bonds. The summed E-state index contributed by atoms with van der Waals surface area (Å²) in [7, 11) is -0.0853. The molecular weight excluding hydrogens is 283 g/mol. The molecule has 1 atom stereocenters. The predicted molar refractivity (Wildman–Crippen MR) is 94.5 cm³/mol. The van der Waals surface area contributed by atoms with Crippen molar-refractivity contribution < 1.29 is 13.9 Å². The maximum absolute atomic E-state index is 9.93. The van der Waals surface area contributed by atoms with E-state index in [1.165, 1.54) is 39.1 Å². The van der Waals surface area contributed by atoms with Crippen LogP contribution in [0.5, 0.6) is 0 Å². The van der Waals surface area contributed by atoms with E-state index in [1.807, 2.05) is 6.08 Å². The Balaban J connectivity index is 4.02. The van der Waals surface area contributed by atoms with Crippen molar-refractivity contribution in [3.05, 3.63) is 23.5 Å². The molecule has 1 unspecified atom stereocenters. The van der Waals surface area contributed by atoms with Gasteiger partial charge < -0.3 is 0 Å². The first-order valence-corrected chi connectivity index (χ1v) is 9.84. The normalized spacial score (nSPS) is 15.9. The van der Waals surface area contributed by atoms with Crippen LogP contribution in [0.4, 0.5) is 0 Å². The molecule has 0 aliphatic heterocycles. The minimum absolute atomic E-state index is 0.411. The van der Waals surface area contributed by atoms with E-state index in [9.17, 15) is 4.89 Å². The zero-order chi connectivity index (χ0) is 16.3. The van der Waals surface area contributed by atoms with E-state index < -0.39 is 7.94 Å². The van der Waals surface area contributed by atoms with Crippen LogP contribution in [0, 0.1) is 11.8 Å². The van der Waals surface area contributed by atoms with E-state index in [0.29, 0.717) is 5.92 Å². The van der Waals surface area contributed by atoms with Crippen molar-refractivity contribution in [1.82, 2.24) is 0 Å². The fourth-order valence-corrected chi connectivity index (χ4v) is 3.10. The van der Waals surface area contributed by atoms with Crippen LogP contribution in [-0.2, 0) is 9.05 Å². The van der Waals surface area contributed by atoms with Crippen LogP contribution in [0.25, 0.3) is 0 Å². The Morgan fingerprint density at radius 2 is 1.76 bits per heavy atom. The van der Waals surface area contributed by atoms with Gasteiger partial charge in [-0.1, -0.05) is 0 Å². The molecule has 0 saturated heterocycles. The zero-order valence-electron chi connectivity index (χ0n) is 14.7. The molecule has 4 heteroatoms. The van der Waals surface area contributed by atoms with Gasteiger partial charge in [-0.25, -0.2) is 0 Å². The molecule has 126 valence electrons. The third-order valence-corrected chi connectivity index (χ3v) is 5.47. The summed E-state index contributed by atoms with van der Waals surface area (Å²) in [6.07, 6.45) is 10.3. The predicted octanol–water partition coefficient (Wildman–Crippen LogP) is 5.47. The molecular formula is C17H35O3P. The van der Waals surface area contributed by atoms with Gasteiger partial charge in [-0.3, -0.25) is 0 Å². The number of rotatable bonds is 11. The van der Waals surface area contributed by atoms with Gasteiger partial charge in [-0.05, 0) is 0 Å². The van der Waals surface area contributed by atoms with Crippen molar-refractivity contribution in [1.29, 1.82) is 0 Å². The molecule has 0 saturated carbocycles. The Morgan fingerprint density at radius 3 is 2.29 bits per heavy atom. The van der Waals surface area contributed by atoms with E-state index in [4.69, 9.17) is 9.05 Å². The second kappa shape index (κ2) is 11.4. The molecule has 1 N–H and O–H groups in total. The van der Waals surface area contributed by atoms with Crippen LogP contribution in [-0.4, -0.2) is 19.1 Å². The molecule has 3 nitrogen and oxygen atoms in total. The zero-order valence-corrected chi connectivity index (χ0v) is 15.7. The quantitative estimate of drug-likeness (QED) is 0.405. The molecule has 0 aliphatic carbocycles. The summed E-state index contributed by atoms with van der Waals surface area (Å²) in [5, 5.41) is 0. The van der Waals surface area contributed by atoms with Gasteiger partial charge in [0.05, 0.1) is 0 Å². The molecule has 0 rings (SSSR count). The van der Waals surface area contributed by atoms with Crippen molar-refractivity contribution >= 4 is 7.94 Å². The second-order valence-electron chi connectivity index (χ2n) is 6.29. The van der Waals surface area contributed by atoms with Gasteiger partial charge in [0.15, 0.2) is 0 Å². The molecule has 0 aromatic heterocycles. The first kappa shape index (κ1) is 20.8. The Hall–Kier alpha value is -0.210. The second-order valence-corrected chi connectivity index (χ2v) is 8.70. The Kier molecular flexibility index (Phi) is 11.3. The Morgan fingerprint density at radius 1 is 1.14 bits per heavy atom. The Bertz CT molecular complexity index is 320. The first-order chi connectivity index (χ1) is 9.83. The number of hydrogen-bond acceptors (Lipinski definition) is 3. The van der Waals surface area contributed by atoms with Crippen molar-refractivity contribution in [3.8, 4) is 0 Å². The van der Waals surface area contributed by atoms with Crippen LogP contribution in [0.15, 0.2) is 23.5 Å². The maximum atomic E-state index is 9.93. The summed E-state index contributed by atoms with van der Waals surface area (Å²) in [6.45, 7) is 8.93. The summed E-state index contributed by atoms with van der Waals surface area (Å²) in [5.41, 5.74) is 1.49. The Labute approximate surface area is 132 Å². The van der Waals surface area contributed by atoms with Crippen LogP contribution < -0.4 is 0 Å². The number of allylic oxidation sites excluding steroid dienone is 3. The molecule has 0 aromatic rings. The van der Waals surface area contributed by atoms with Gasteiger partial charge in [0.1, 0.15) is 0 Å². The van der Waals surface area contributed by atoms with Gasteiger partial charge in [0.25, 0.3) is 0 Å². The summed E-state index contributed by atoms with van der Waals surface area (Å²) in [5.74, 6) is 2.91. The average molecular weight is 318 g/mol. The molecule has 0 aliphatic rings. The van der Waals surface area contributed by atoms with E-state index in [0.717, 1.165) is 18.8 Å². The van der Waals surface area contributed by atoms with Gasteiger partial charge in [0, 0.05) is 0 Å². The van der Waals surface area contributed by atoms with E-state index in [2.05, 4.69) is 33.8 Å². The standard InChI is InChI=1S/C17H35O3P/c1-15(2)9-7-10-16(3)11-8-12-17(4)13-14-21(18,19-5)20-6/h11,13-15,17-18,21H,7-10,12H2,1-6H3. The first-order valence-electron chi connectivity index (χ1n) is 8.00. The van der Waals surface area contributed by atoms with Crippen LogP contribution in [0.2, 0.25) is 0 Å². The minimum atomic E-state index is -3.05. The van der Waals surface area contributed by atoms with Crippen LogP contribution in [0.1, 0.15) is 59.8 Å². The molecule has 0 heterocycles. The van der Waals surface area contributed by atoms with E-state index in [1.54, 1.807) is 5.82 Å². The molecule has 21 heavy (non-hydrogen) atoms. The van der Waals surface area contributed by atoms with Gasteiger partial charge in [0.2, 0.25) is 0 Å². The SMILES string of the molecule is CO[PH](O)(C=CC(C)CCC=C(C)CCCC(C)C)OC. The van der Waals surface area contributed by atoms with Crippen LogP contribution >= 0.6 is 7.94 Å².